The zero-order chi connectivity index (χ0) is 11.8. The fraction of sp³-hybridized carbons (Fsp3) is 0.417. The first kappa shape index (κ1) is 12.5. The average molecular weight is 223 g/mol. The molecule has 1 aromatic rings. The zero-order valence-corrected chi connectivity index (χ0v) is 9.35. The number of nitrogens with one attached hydrogen (secondary N) is 1. The number of carbonyl (C=O) groups is 1. The molecule has 88 valence electrons. The summed E-state index contributed by atoms with van der Waals surface area (Å²) < 4.78 is 4.68. The Balaban J connectivity index is 2.30. The van der Waals surface area contributed by atoms with Crippen molar-refractivity contribution in [3.05, 3.63) is 35.9 Å². The highest BCUT2D eigenvalue weighted by molar-refractivity contribution is 5.67. The van der Waals surface area contributed by atoms with Crippen LogP contribution in [0.15, 0.2) is 30.3 Å². The number of hydrogen-bond donors (Lipinski definition) is 2. The van der Waals surface area contributed by atoms with Gasteiger partial charge in [-0.25, -0.2) is 4.79 Å². The third-order valence-corrected chi connectivity index (χ3v) is 2.25. The van der Waals surface area contributed by atoms with E-state index in [0.29, 0.717) is 6.54 Å². The Labute approximate surface area is 95.2 Å². The van der Waals surface area contributed by atoms with Gasteiger partial charge in [-0.3, -0.25) is 0 Å². The van der Waals surface area contributed by atoms with Crippen molar-refractivity contribution in [3.63, 3.8) is 0 Å². The number of rotatable bonds is 5. The zero-order valence-electron chi connectivity index (χ0n) is 9.35. The van der Waals surface area contributed by atoms with E-state index in [2.05, 4.69) is 10.1 Å². The van der Waals surface area contributed by atoms with Gasteiger partial charge in [-0.2, -0.15) is 0 Å². The molecule has 0 saturated heterocycles. The van der Waals surface area contributed by atoms with Crippen LogP contribution in [0.4, 0.5) is 4.79 Å². The number of ether oxygens (including phenoxy) is 1. The van der Waals surface area contributed by atoms with Gasteiger partial charge in [0, 0.05) is 6.54 Å². The lowest BCUT2D eigenvalue weighted by atomic mass is 10.0. The molecule has 0 aliphatic carbocycles. The molecule has 1 rings (SSSR count). The summed E-state index contributed by atoms with van der Waals surface area (Å²) in [7, 11) is 0. The van der Waals surface area contributed by atoms with Crippen molar-refractivity contribution in [2.75, 3.05) is 19.8 Å². The van der Waals surface area contributed by atoms with E-state index >= 15 is 0 Å². The molecular formula is C12H17NO3. The van der Waals surface area contributed by atoms with Crippen molar-refractivity contribution in [1.29, 1.82) is 0 Å². The quantitative estimate of drug-likeness (QED) is 0.795. The molecule has 1 atom stereocenters. The van der Waals surface area contributed by atoms with E-state index < -0.39 is 6.09 Å². The minimum atomic E-state index is -0.489. The molecule has 0 aromatic heterocycles. The SMILES string of the molecule is CC(CNC(=O)OCCO)c1ccccc1. The van der Waals surface area contributed by atoms with E-state index in [0.717, 1.165) is 0 Å². The predicted octanol–water partition coefficient (Wildman–Crippen LogP) is 1.51. The first-order chi connectivity index (χ1) is 7.74. The van der Waals surface area contributed by atoms with E-state index in [1.54, 1.807) is 0 Å². The van der Waals surface area contributed by atoms with Crippen molar-refractivity contribution in [2.45, 2.75) is 12.8 Å². The normalized spacial score (nSPS) is 11.9. The van der Waals surface area contributed by atoms with Crippen LogP contribution >= 0.6 is 0 Å². The molecule has 1 amide bonds. The van der Waals surface area contributed by atoms with Gasteiger partial charge in [0.2, 0.25) is 0 Å². The van der Waals surface area contributed by atoms with E-state index in [-0.39, 0.29) is 19.1 Å². The highest BCUT2D eigenvalue weighted by Crippen LogP contribution is 2.12. The van der Waals surface area contributed by atoms with Gasteiger partial charge in [0.05, 0.1) is 6.61 Å². The Kier molecular flexibility index (Phi) is 5.36. The number of alkyl carbamates (subject to hydrolysis) is 1. The van der Waals surface area contributed by atoms with E-state index in [1.807, 2.05) is 37.3 Å². The summed E-state index contributed by atoms with van der Waals surface area (Å²) in [6, 6.07) is 9.93. The fourth-order valence-electron chi connectivity index (χ4n) is 1.33. The largest absolute Gasteiger partial charge is 0.447 e. The minimum Gasteiger partial charge on any atom is -0.447 e. The van der Waals surface area contributed by atoms with Crippen LogP contribution in [0.1, 0.15) is 18.4 Å². The second-order valence-electron chi connectivity index (χ2n) is 3.55. The number of hydrogen-bond acceptors (Lipinski definition) is 3. The lowest BCUT2D eigenvalue weighted by molar-refractivity contribution is 0.119. The Bertz CT molecular complexity index is 313. The van der Waals surface area contributed by atoms with Crippen LogP contribution in [0.25, 0.3) is 0 Å². The van der Waals surface area contributed by atoms with Crippen LogP contribution in [-0.4, -0.2) is 31.0 Å². The standard InChI is InChI=1S/C12H17NO3/c1-10(11-5-3-2-4-6-11)9-13-12(15)16-8-7-14/h2-6,10,14H,7-9H2,1H3,(H,13,15). The van der Waals surface area contributed by atoms with Crippen LogP contribution in [0.2, 0.25) is 0 Å². The van der Waals surface area contributed by atoms with Gasteiger partial charge >= 0.3 is 6.09 Å². The van der Waals surface area contributed by atoms with Gasteiger partial charge in [0.1, 0.15) is 6.61 Å². The molecule has 0 radical (unpaired) electrons. The van der Waals surface area contributed by atoms with Crippen LogP contribution < -0.4 is 5.32 Å². The van der Waals surface area contributed by atoms with Crippen LogP contribution in [0.5, 0.6) is 0 Å². The Hall–Kier alpha value is -1.55. The topological polar surface area (TPSA) is 58.6 Å². The maximum atomic E-state index is 11.1. The van der Waals surface area contributed by atoms with Crippen LogP contribution in [0.3, 0.4) is 0 Å². The summed E-state index contributed by atoms with van der Waals surface area (Å²) in [6.45, 7) is 2.43. The monoisotopic (exact) mass is 223 g/mol. The van der Waals surface area contributed by atoms with E-state index in [9.17, 15) is 4.79 Å². The number of carbonyl (C=O) groups excluding carboxylic acids is 1. The van der Waals surface area contributed by atoms with Gasteiger partial charge < -0.3 is 15.2 Å². The molecule has 0 aliphatic rings. The van der Waals surface area contributed by atoms with Crippen molar-refractivity contribution >= 4 is 6.09 Å². The van der Waals surface area contributed by atoms with Crippen molar-refractivity contribution < 1.29 is 14.6 Å². The highest BCUT2D eigenvalue weighted by Gasteiger charge is 2.07. The maximum absolute atomic E-state index is 11.1. The molecule has 0 heterocycles. The molecule has 1 unspecified atom stereocenters. The fourth-order valence-corrected chi connectivity index (χ4v) is 1.33. The summed E-state index contributed by atoms with van der Waals surface area (Å²) in [5.74, 6) is 0.239. The van der Waals surface area contributed by atoms with Gasteiger partial charge in [-0.1, -0.05) is 37.3 Å². The number of aliphatic hydroxyl groups excluding tert-OH is 1. The lowest BCUT2D eigenvalue weighted by Crippen LogP contribution is -2.28. The summed E-state index contributed by atoms with van der Waals surface area (Å²) in [6.07, 6.45) is -0.489. The summed E-state index contributed by atoms with van der Waals surface area (Å²) in [4.78, 5) is 11.1. The van der Waals surface area contributed by atoms with E-state index in [4.69, 9.17) is 5.11 Å². The van der Waals surface area contributed by atoms with E-state index in [1.165, 1.54) is 5.56 Å². The second kappa shape index (κ2) is 6.85. The third-order valence-electron chi connectivity index (χ3n) is 2.25. The molecule has 1 aromatic carbocycles. The number of amides is 1. The smallest absolute Gasteiger partial charge is 0.407 e. The number of aliphatic hydroxyl groups is 1. The Morgan fingerprint density at radius 1 is 1.44 bits per heavy atom. The average Bonchev–Trinajstić information content (AvgIpc) is 2.34. The lowest BCUT2D eigenvalue weighted by Gasteiger charge is -2.12. The minimum absolute atomic E-state index is 0.0333. The van der Waals surface area contributed by atoms with Crippen molar-refractivity contribution in [3.8, 4) is 0 Å². The first-order valence-electron chi connectivity index (χ1n) is 5.30. The molecule has 4 heteroatoms. The summed E-state index contributed by atoms with van der Waals surface area (Å²) in [5.41, 5.74) is 1.17. The molecule has 0 fully saturated rings. The molecule has 4 nitrogen and oxygen atoms in total. The van der Waals surface area contributed by atoms with Crippen LogP contribution in [-0.2, 0) is 4.74 Å². The van der Waals surface area contributed by atoms with Gasteiger partial charge in [-0.15, -0.1) is 0 Å². The summed E-state index contributed by atoms with van der Waals surface area (Å²) >= 11 is 0. The van der Waals surface area contributed by atoms with Crippen molar-refractivity contribution in [1.82, 2.24) is 5.32 Å². The molecule has 0 aliphatic heterocycles. The van der Waals surface area contributed by atoms with Crippen LogP contribution in [0, 0.1) is 0 Å². The summed E-state index contributed by atoms with van der Waals surface area (Å²) in [5, 5.41) is 11.1. The molecule has 0 saturated carbocycles. The highest BCUT2D eigenvalue weighted by atomic mass is 16.6. The molecule has 0 spiro atoms. The predicted molar refractivity (Wildman–Crippen MR) is 61.3 cm³/mol. The Morgan fingerprint density at radius 2 is 2.12 bits per heavy atom. The van der Waals surface area contributed by atoms with Crippen molar-refractivity contribution in [2.24, 2.45) is 0 Å². The van der Waals surface area contributed by atoms with Gasteiger partial charge in [-0.05, 0) is 11.5 Å². The molecule has 16 heavy (non-hydrogen) atoms. The number of benzene rings is 1. The van der Waals surface area contributed by atoms with Gasteiger partial charge in [0.25, 0.3) is 0 Å². The first-order valence-corrected chi connectivity index (χ1v) is 5.30. The third kappa shape index (κ3) is 4.31. The van der Waals surface area contributed by atoms with Gasteiger partial charge in [0.15, 0.2) is 0 Å². The molecular weight excluding hydrogens is 206 g/mol. The maximum Gasteiger partial charge on any atom is 0.407 e. The molecule has 2 N–H and O–H groups in total. The second-order valence-corrected chi connectivity index (χ2v) is 3.55. The Morgan fingerprint density at radius 3 is 2.75 bits per heavy atom. The molecule has 0 bridgehead atoms.